The van der Waals surface area contributed by atoms with Crippen LogP contribution in [0, 0.1) is 13.8 Å². The summed E-state index contributed by atoms with van der Waals surface area (Å²) in [7, 11) is 0. The van der Waals surface area contributed by atoms with Gasteiger partial charge in [0, 0.05) is 30.4 Å². The highest BCUT2D eigenvalue weighted by Gasteiger charge is 2.07. The van der Waals surface area contributed by atoms with Crippen molar-refractivity contribution in [3.05, 3.63) is 59.5 Å². The van der Waals surface area contributed by atoms with Gasteiger partial charge in [-0.2, -0.15) is 10.2 Å². The maximum absolute atomic E-state index is 4.28. The molecule has 0 amide bonds. The van der Waals surface area contributed by atoms with Crippen LogP contribution in [0.3, 0.4) is 0 Å². The van der Waals surface area contributed by atoms with Crippen molar-refractivity contribution in [2.75, 3.05) is 6.54 Å². The second-order valence-electron chi connectivity index (χ2n) is 5.60. The van der Waals surface area contributed by atoms with Gasteiger partial charge >= 0.3 is 0 Å². The molecule has 5 heteroatoms. The number of hydrogen-bond donors (Lipinski definition) is 2. The van der Waals surface area contributed by atoms with Gasteiger partial charge in [0.05, 0.1) is 24.6 Å². The third-order valence-electron chi connectivity index (χ3n) is 3.62. The molecular formula is C17H21N5. The van der Waals surface area contributed by atoms with E-state index in [4.69, 9.17) is 0 Å². The maximum Gasteiger partial charge on any atom is 0.0695 e. The summed E-state index contributed by atoms with van der Waals surface area (Å²) in [6, 6.07) is 8.45. The standard InChI is InChI=1S/C17H21N5/c1-13-4-3-5-15(8-13)17-16(11-19-21-17)10-18-6-7-22-12-14(2)9-20-22/h3-5,8-9,11-12,18H,6-7,10H2,1-2H3,(H,19,21). The zero-order chi connectivity index (χ0) is 15.4. The first-order valence-corrected chi connectivity index (χ1v) is 7.51. The van der Waals surface area contributed by atoms with Crippen LogP contribution in [0.5, 0.6) is 0 Å². The summed E-state index contributed by atoms with van der Waals surface area (Å²) in [4.78, 5) is 0. The predicted octanol–water partition coefficient (Wildman–Crippen LogP) is 2.68. The van der Waals surface area contributed by atoms with Crippen LogP contribution in [-0.2, 0) is 13.1 Å². The maximum atomic E-state index is 4.28. The fraction of sp³-hybridized carbons (Fsp3) is 0.294. The lowest BCUT2D eigenvalue weighted by molar-refractivity contribution is 0.555. The molecule has 3 aromatic rings. The smallest absolute Gasteiger partial charge is 0.0695 e. The van der Waals surface area contributed by atoms with Crippen molar-refractivity contribution in [1.82, 2.24) is 25.3 Å². The first kappa shape index (κ1) is 14.5. The molecular weight excluding hydrogens is 274 g/mol. The van der Waals surface area contributed by atoms with Crippen LogP contribution in [0.15, 0.2) is 42.9 Å². The Morgan fingerprint density at radius 3 is 2.86 bits per heavy atom. The Morgan fingerprint density at radius 2 is 2.09 bits per heavy atom. The normalized spacial score (nSPS) is 11.0. The van der Waals surface area contributed by atoms with Crippen LogP contribution in [0.25, 0.3) is 11.3 Å². The number of benzene rings is 1. The Kier molecular flexibility index (Phi) is 4.34. The highest BCUT2D eigenvalue weighted by molar-refractivity contribution is 5.63. The Bertz CT molecular complexity index is 741. The number of aromatic nitrogens is 4. The Hall–Kier alpha value is -2.40. The van der Waals surface area contributed by atoms with E-state index < -0.39 is 0 Å². The number of hydrogen-bond acceptors (Lipinski definition) is 3. The van der Waals surface area contributed by atoms with Crippen molar-refractivity contribution < 1.29 is 0 Å². The van der Waals surface area contributed by atoms with Gasteiger partial charge in [0.2, 0.25) is 0 Å². The summed E-state index contributed by atoms with van der Waals surface area (Å²) < 4.78 is 1.96. The van der Waals surface area contributed by atoms with Gasteiger partial charge in [0.1, 0.15) is 0 Å². The molecule has 1 aromatic carbocycles. The number of H-pyrrole nitrogens is 1. The molecule has 22 heavy (non-hydrogen) atoms. The second-order valence-corrected chi connectivity index (χ2v) is 5.60. The molecule has 0 saturated carbocycles. The lowest BCUT2D eigenvalue weighted by Gasteiger charge is -2.07. The zero-order valence-electron chi connectivity index (χ0n) is 13.0. The average molecular weight is 295 g/mol. The first-order chi connectivity index (χ1) is 10.7. The van der Waals surface area contributed by atoms with E-state index in [1.54, 1.807) is 0 Å². The van der Waals surface area contributed by atoms with E-state index in [1.165, 1.54) is 22.3 Å². The predicted molar refractivity (Wildman–Crippen MR) is 87.4 cm³/mol. The SMILES string of the molecule is Cc1cccc(-c2[nH]ncc2CNCCn2cc(C)cn2)c1. The summed E-state index contributed by atoms with van der Waals surface area (Å²) in [6.07, 6.45) is 5.83. The van der Waals surface area contributed by atoms with Crippen molar-refractivity contribution in [3.8, 4) is 11.3 Å². The summed E-state index contributed by atoms with van der Waals surface area (Å²) in [6.45, 7) is 6.69. The van der Waals surface area contributed by atoms with Crippen LogP contribution >= 0.6 is 0 Å². The van der Waals surface area contributed by atoms with Gasteiger partial charge in [-0.05, 0) is 25.5 Å². The van der Waals surface area contributed by atoms with Crippen molar-refractivity contribution >= 4 is 0 Å². The molecule has 0 aliphatic carbocycles. The Morgan fingerprint density at radius 1 is 1.18 bits per heavy atom. The van der Waals surface area contributed by atoms with E-state index in [9.17, 15) is 0 Å². The molecule has 0 aliphatic rings. The van der Waals surface area contributed by atoms with Gasteiger partial charge in [-0.3, -0.25) is 9.78 Å². The zero-order valence-corrected chi connectivity index (χ0v) is 13.0. The molecule has 3 rings (SSSR count). The van der Waals surface area contributed by atoms with Gasteiger partial charge in [0.25, 0.3) is 0 Å². The van der Waals surface area contributed by atoms with E-state index in [2.05, 4.69) is 64.9 Å². The summed E-state index contributed by atoms with van der Waals surface area (Å²) in [5.41, 5.74) is 5.89. The molecule has 114 valence electrons. The third-order valence-corrected chi connectivity index (χ3v) is 3.62. The average Bonchev–Trinajstić information content (AvgIpc) is 3.12. The minimum absolute atomic E-state index is 0.792. The molecule has 5 nitrogen and oxygen atoms in total. The van der Waals surface area contributed by atoms with Crippen LogP contribution in [0.1, 0.15) is 16.7 Å². The van der Waals surface area contributed by atoms with Crippen LogP contribution in [-0.4, -0.2) is 26.5 Å². The molecule has 0 bridgehead atoms. The Labute approximate surface area is 130 Å². The highest BCUT2D eigenvalue weighted by Crippen LogP contribution is 2.21. The second kappa shape index (κ2) is 6.58. The number of aryl methyl sites for hydroxylation is 2. The lowest BCUT2D eigenvalue weighted by atomic mass is 10.1. The van der Waals surface area contributed by atoms with Crippen LogP contribution in [0.2, 0.25) is 0 Å². The van der Waals surface area contributed by atoms with E-state index in [-0.39, 0.29) is 0 Å². The van der Waals surface area contributed by atoms with E-state index in [1.807, 2.05) is 17.1 Å². The first-order valence-electron chi connectivity index (χ1n) is 7.51. The highest BCUT2D eigenvalue weighted by atomic mass is 15.3. The quantitative estimate of drug-likeness (QED) is 0.687. The van der Waals surface area contributed by atoms with Crippen LogP contribution < -0.4 is 5.32 Å². The van der Waals surface area contributed by atoms with Gasteiger partial charge in [-0.1, -0.05) is 23.8 Å². The monoisotopic (exact) mass is 295 g/mol. The fourth-order valence-corrected chi connectivity index (χ4v) is 2.50. The van der Waals surface area contributed by atoms with Crippen molar-refractivity contribution in [3.63, 3.8) is 0 Å². The molecule has 0 radical (unpaired) electrons. The minimum atomic E-state index is 0.792. The molecule has 0 spiro atoms. The number of aromatic amines is 1. The minimum Gasteiger partial charge on any atom is -0.311 e. The van der Waals surface area contributed by atoms with Crippen molar-refractivity contribution in [2.24, 2.45) is 0 Å². The number of nitrogens with one attached hydrogen (secondary N) is 2. The molecule has 2 N–H and O–H groups in total. The molecule has 2 aromatic heterocycles. The molecule has 0 aliphatic heterocycles. The molecule has 0 atom stereocenters. The van der Waals surface area contributed by atoms with Crippen LogP contribution in [0.4, 0.5) is 0 Å². The molecule has 0 saturated heterocycles. The van der Waals surface area contributed by atoms with Gasteiger partial charge < -0.3 is 5.32 Å². The number of nitrogens with zero attached hydrogens (tertiary/aromatic N) is 3. The summed E-state index contributed by atoms with van der Waals surface area (Å²) in [5.74, 6) is 0. The van der Waals surface area contributed by atoms with Gasteiger partial charge in [0.15, 0.2) is 0 Å². The van der Waals surface area contributed by atoms with Gasteiger partial charge in [-0.25, -0.2) is 0 Å². The molecule has 0 fully saturated rings. The topological polar surface area (TPSA) is 58.5 Å². The van der Waals surface area contributed by atoms with E-state index in [0.29, 0.717) is 0 Å². The number of rotatable bonds is 6. The fourth-order valence-electron chi connectivity index (χ4n) is 2.50. The molecule has 0 unspecified atom stereocenters. The molecule has 2 heterocycles. The Balaban J connectivity index is 1.58. The van der Waals surface area contributed by atoms with E-state index in [0.717, 1.165) is 25.3 Å². The summed E-state index contributed by atoms with van der Waals surface area (Å²) >= 11 is 0. The van der Waals surface area contributed by atoms with Crippen molar-refractivity contribution in [1.29, 1.82) is 0 Å². The van der Waals surface area contributed by atoms with E-state index >= 15 is 0 Å². The summed E-state index contributed by atoms with van der Waals surface area (Å²) in [5, 5.41) is 15.0. The third kappa shape index (κ3) is 3.43. The lowest BCUT2D eigenvalue weighted by Crippen LogP contribution is -2.19. The van der Waals surface area contributed by atoms with Crippen molar-refractivity contribution in [2.45, 2.75) is 26.9 Å². The largest absolute Gasteiger partial charge is 0.311 e. The van der Waals surface area contributed by atoms with Gasteiger partial charge in [-0.15, -0.1) is 0 Å².